The van der Waals surface area contributed by atoms with Crippen molar-refractivity contribution in [2.75, 3.05) is 0 Å². The van der Waals surface area contributed by atoms with Gasteiger partial charge in [0.15, 0.2) is 6.29 Å². The zero-order valence-electron chi connectivity index (χ0n) is 10.7. The molecule has 0 amide bonds. The predicted molar refractivity (Wildman–Crippen MR) is 72.9 cm³/mol. The van der Waals surface area contributed by atoms with Gasteiger partial charge in [-0.05, 0) is 35.7 Å². The predicted octanol–water partition coefficient (Wildman–Crippen LogP) is 3.96. The average molecular weight is 258 g/mol. The summed E-state index contributed by atoms with van der Waals surface area (Å²) in [5.41, 5.74) is 2.14. The maximum Gasteiger partial charge on any atom is 0.153 e. The molecule has 0 fully saturated rings. The fourth-order valence-corrected chi connectivity index (χ4v) is 2.05. The fourth-order valence-electron chi connectivity index (χ4n) is 2.05. The van der Waals surface area contributed by atoms with Crippen molar-refractivity contribution in [3.05, 3.63) is 53.3 Å². The van der Waals surface area contributed by atoms with E-state index in [0.29, 0.717) is 17.4 Å². The van der Waals surface area contributed by atoms with Crippen molar-refractivity contribution < 1.29 is 14.3 Å². The number of halogens is 1. The molecule has 98 valence electrons. The van der Waals surface area contributed by atoms with Crippen molar-refractivity contribution >= 4 is 6.29 Å². The number of hydrogen-bond donors (Lipinski definition) is 1. The van der Waals surface area contributed by atoms with E-state index in [1.165, 1.54) is 18.2 Å². The Hall–Kier alpha value is -2.16. The Morgan fingerprint density at radius 2 is 2.00 bits per heavy atom. The summed E-state index contributed by atoms with van der Waals surface area (Å²) in [6.07, 6.45) is 2.37. The summed E-state index contributed by atoms with van der Waals surface area (Å²) in [4.78, 5) is 10.6. The molecule has 1 N–H and O–H groups in total. The number of carbonyl (C=O) groups excluding carboxylic acids is 1. The fraction of sp³-hybridized carbons (Fsp3) is 0.188. The van der Waals surface area contributed by atoms with Gasteiger partial charge in [-0.3, -0.25) is 4.79 Å². The smallest absolute Gasteiger partial charge is 0.153 e. The van der Waals surface area contributed by atoms with Crippen molar-refractivity contribution in [1.29, 1.82) is 0 Å². The minimum Gasteiger partial charge on any atom is -0.507 e. The highest BCUT2D eigenvalue weighted by atomic mass is 19.1. The zero-order chi connectivity index (χ0) is 13.8. The number of phenolic OH excluding ortho intramolecular Hbond substituents is 1. The highest BCUT2D eigenvalue weighted by Gasteiger charge is 2.08. The Morgan fingerprint density at radius 1 is 1.21 bits per heavy atom. The topological polar surface area (TPSA) is 37.3 Å². The Bertz CT molecular complexity index is 606. The van der Waals surface area contributed by atoms with Crippen LogP contribution in [0.2, 0.25) is 0 Å². The van der Waals surface area contributed by atoms with Crippen LogP contribution in [-0.2, 0) is 6.42 Å². The van der Waals surface area contributed by atoms with E-state index >= 15 is 0 Å². The number of hydrogen-bond acceptors (Lipinski definition) is 2. The summed E-state index contributed by atoms with van der Waals surface area (Å²) in [7, 11) is 0. The molecule has 2 aromatic carbocycles. The largest absolute Gasteiger partial charge is 0.507 e. The quantitative estimate of drug-likeness (QED) is 0.843. The first-order chi connectivity index (χ1) is 9.15. The molecule has 0 aliphatic carbocycles. The molecule has 3 heteroatoms. The average Bonchev–Trinajstić information content (AvgIpc) is 2.39. The van der Waals surface area contributed by atoms with Crippen LogP contribution in [0, 0.1) is 5.82 Å². The van der Waals surface area contributed by atoms with Gasteiger partial charge in [0.2, 0.25) is 0 Å². The van der Waals surface area contributed by atoms with E-state index < -0.39 is 0 Å². The molecule has 2 aromatic rings. The van der Waals surface area contributed by atoms with Gasteiger partial charge in [-0.2, -0.15) is 0 Å². The number of aromatic hydroxyl groups is 1. The molecule has 0 saturated carbocycles. The van der Waals surface area contributed by atoms with Gasteiger partial charge in [-0.25, -0.2) is 4.39 Å². The van der Waals surface area contributed by atoms with Crippen molar-refractivity contribution in [2.24, 2.45) is 0 Å². The lowest BCUT2D eigenvalue weighted by atomic mass is 10.00. The monoisotopic (exact) mass is 258 g/mol. The van der Waals surface area contributed by atoms with E-state index in [9.17, 15) is 14.3 Å². The second-order valence-corrected chi connectivity index (χ2v) is 4.46. The van der Waals surface area contributed by atoms with E-state index in [1.807, 2.05) is 13.0 Å². The number of aldehydes is 1. The van der Waals surface area contributed by atoms with E-state index in [2.05, 4.69) is 0 Å². The summed E-state index contributed by atoms with van der Waals surface area (Å²) in [5, 5.41) is 9.63. The Labute approximate surface area is 111 Å². The summed E-state index contributed by atoms with van der Waals surface area (Å²) < 4.78 is 14.0. The van der Waals surface area contributed by atoms with Gasteiger partial charge >= 0.3 is 0 Å². The second-order valence-electron chi connectivity index (χ2n) is 4.46. The lowest BCUT2D eigenvalue weighted by Gasteiger charge is -2.07. The number of phenols is 1. The van der Waals surface area contributed by atoms with Crippen LogP contribution in [0.5, 0.6) is 5.75 Å². The van der Waals surface area contributed by atoms with Gasteiger partial charge in [0.1, 0.15) is 11.6 Å². The summed E-state index contributed by atoms with van der Waals surface area (Å²) >= 11 is 0. The maximum absolute atomic E-state index is 14.0. The van der Waals surface area contributed by atoms with Gasteiger partial charge in [0, 0.05) is 5.56 Å². The van der Waals surface area contributed by atoms with Crippen LogP contribution in [0.25, 0.3) is 11.1 Å². The van der Waals surface area contributed by atoms with Gasteiger partial charge in [0.25, 0.3) is 0 Å². The standard InChI is InChI=1S/C16H15FO2/c1-2-3-11-4-7-14(15(17)8-11)12-5-6-13(10-18)16(19)9-12/h4-10,19H,2-3H2,1H3. The second kappa shape index (κ2) is 5.65. The summed E-state index contributed by atoms with van der Waals surface area (Å²) in [6.45, 7) is 2.04. The highest BCUT2D eigenvalue weighted by Crippen LogP contribution is 2.28. The van der Waals surface area contributed by atoms with Gasteiger partial charge in [0.05, 0.1) is 5.56 Å². The first kappa shape index (κ1) is 13.3. The Balaban J connectivity index is 2.41. The van der Waals surface area contributed by atoms with E-state index in [4.69, 9.17) is 0 Å². The molecule has 0 aliphatic rings. The van der Waals surface area contributed by atoms with Crippen LogP contribution in [0.3, 0.4) is 0 Å². The van der Waals surface area contributed by atoms with Crippen molar-refractivity contribution in [3.63, 3.8) is 0 Å². The minimum absolute atomic E-state index is 0.135. The third-order valence-electron chi connectivity index (χ3n) is 3.04. The van der Waals surface area contributed by atoms with Crippen LogP contribution >= 0.6 is 0 Å². The van der Waals surface area contributed by atoms with Crippen molar-refractivity contribution in [2.45, 2.75) is 19.8 Å². The molecule has 0 spiro atoms. The molecule has 0 heterocycles. The van der Waals surface area contributed by atoms with Gasteiger partial charge in [-0.1, -0.05) is 31.5 Å². The zero-order valence-corrected chi connectivity index (χ0v) is 10.7. The number of aryl methyl sites for hydroxylation is 1. The molecule has 0 radical (unpaired) electrons. The van der Waals surface area contributed by atoms with Gasteiger partial charge in [-0.15, -0.1) is 0 Å². The van der Waals surface area contributed by atoms with Crippen LogP contribution in [0.15, 0.2) is 36.4 Å². The third kappa shape index (κ3) is 2.81. The third-order valence-corrected chi connectivity index (χ3v) is 3.04. The maximum atomic E-state index is 14.0. The summed E-state index contributed by atoms with van der Waals surface area (Å²) in [6, 6.07) is 9.62. The number of carbonyl (C=O) groups is 1. The molecule has 0 bridgehead atoms. The molecular formula is C16H15FO2. The summed E-state index contributed by atoms with van der Waals surface area (Å²) in [5.74, 6) is -0.450. The van der Waals surface area contributed by atoms with Crippen LogP contribution in [0.4, 0.5) is 4.39 Å². The molecule has 19 heavy (non-hydrogen) atoms. The molecule has 0 unspecified atom stereocenters. The molecule has 0 atom stereocenters. The first-order valence-corrected chi connectivity index (χ1v) is 6.22. The normalized spacial score (nSPS) is 10.4. The molecular weight excluding hydrogens is 243 g/mol. The number of benzene rings is 2. The highest BCUT2D eigenvalue weighted by molar-refractivity contribution is 5.81. The molecule has 0 aromatic heterocycles. The van der Waals surface area contributed by atoms with Crippen LogP contribution in [-0.4, -0.2) is 11.4 Å². The SMILES string of the molecule is CCCc1ccc(-c2ccc(C=O)c(O)c2)c(F)c1. The van der Waals surface area contributed by atoms with Gasteiger partial charge < -0.3 is 5.11 Å². The molecule has 2 rings (SSSR count). The van der Waals surface area contributed by atoms with Crippen molar-refractivity contribution in [1.82, 2.24) is 0 Å². The molecule has 0 saturated heterocycles. The first-order valence-electron chi connectivity index (χ1n) is 6.22. The van der Waals surface area contributed by atoms with E-state index in [1.54, 1.807) is 12.1 Å². The Kier molecular flexibility index (Phi) is 3.95. The number of rotatable bonds is 4. The van der Waals surface area contributed by atoms with E-state index in [-0.39, 0.29) is 17.1 Å². The molecule has 2 nitrogen and oxygen atoms in total. The van der Waals surface area contributed by atoms with E-state index in [0.717, 1.165) is 18.4 Å². The molecule has 0 aliphatic heterocycles. The van der Waals surface area contributed by atoms with Crippen LogP contribution < -0.4 is 0 Å². The van der Waals surface area contributed by atoms with Crippen LogP contribution in [0.1, 0.15) is 29.3 Å². The Morgan fingerprint density at radius 3 is 2.58 bits per heavy atom. The van der Waals surface area contributed by atoms with Crippen molar-refractivity contribution in [3.8, 4) is 16.9 Å². The minimum atomic E-state index is -0.316. The lowest BCUT2D eigenvalue weighted by Crippen LogP contribution is -1.90. The lowest BCUT2D eigenvalue weighted by molar-refractivity contribution is 0.112.